The van der Waals surface area contributed by atoms with Crippen molar-refractivity contribution in [2.24, 2.45) is 5.73 Å². The Morgan fingerprint density at radius 2 is 1.68 bits per heavy atom. The quantitative estimate of drug-likeness (QED) is 0.649. The van der Waals surface area contributed by atoms with Crippen LogP contribution in [0.5, 0.6) is 0 Å². The Morgan fingerprint density at radius 1 is 1.10 bits per heavy atom. The summed E-state index contributed by atoms with van der Waals surface area (Å²) in [4.78, 5) is 28.6. The number of hydrogen-bond acceptors (Lipinski definition) is 5. The van der Waals surface area contributed by atoms with E-state index in [4.69, 9.17) is 10.5 Å². The molecule has 1 unspecified atom stereocenters. The van der Waals surface area contributed by atoms with E-state index < -0.39 is 34.4 Å². The molecule has 1 atom stereocenters. The van der Waals surface area contributed by atoms with E-state index in [1.165, 1.54) is 19.1 Å². The number of rotatable bonds is 6. The average molecular weight is 432 g/mol. The third-order valence-corrected chi connectivity index (χ3v) is 4.83. The number of ether oxygens (including phenoxy) is 1. The zero-order valence-electron chi connectivity index (χ0n) is 18.7. The molecule has 2 rings (SSSR count). The lowest BCUT2D eigenvalue weighted by molar-refractivity contribution is -0.122. The molecule has 2 aromatic rings. The van der Waals surface area contributed by atoms with E-state index in [0.717, 1.165) is 0 Å². The highest BCUT2D eigenvalue weighted by Crippen LogP contribution is 2.31. The molecular formula is C23H30FN3O4. The minimum absolute atomic E-state index is 0.182. The van der Waals surface area contributed by atoms with Crippen LogP contribution in [-0.4, -0.2) is 34.2 Å². The first-order chi connectivity index (χ1) is 14.1. The Balaban J connectivity index is 2.47. The van der Waals surface area contributed by atoms with Crippen LogP contribution in [0, 0.1) is 5.82 Å². The second-order valence-electron chi connectivity index (χ2n) is 9.25. The maximum atomic E-state index is 13.4. The third kappa shape index (κ3) is 6.24. The van der Waals surface area contributed by atoms with Crippen molar-refractivity contribution >= 4 is 12.0 Å². The van der Waals surface area contributed by atoms with Gasteiger partial charge in [0.05, 0.1) is 23.3 Å². The van der Waals surface area contributed by atoms with Gasteiger partial charge < -0.3 is 20.9 Å². The Bertz CT molecular complexity index is 964. The summed E-state index contributed by atoms with van der Waals surface area (Å²) in [5.74, 6) is -0.951. The van der Waals surface area contributed by atoms with E-state index in [-0.39, 0.29) is 12.2 Å². The van der Waals surface area contributed by atoms with Gasteiger partial charge in [-0.2, -0.15) is 0 Å². The number of alkyl carbamates (subject to hydrolysis) is 1. The Morgan fingerprint density at radius 3 is 2.19 bits per heavy atom. The molecule has 0 bridgehead atoms. The van der Waals surface area contributed by atoms with Gasteiger partial charge in [0.15, 0.2) is 0 Å². The number of pyridine rings is 1. The number of aromatic nitrogens is 1. The van der Waals surface area contributed by atoms with Gasteiger partial charge in [0.25, 0.3) is 0 Å². The number of nitrogens with zero attached hydrogens (tertiary/aromatic N) is 1. The van der Waals surface area contributed by atoms with Crippen LogP contribution in [0.25, 0.3) is 11.3 Å². The maximum absolute atomic E-state index is 13.4. The lowest BCUT2D eigenvalue weighted by atomic mass is 9.82. The minimum atomic E-state index is -1.59. The second kappa shape index (κ2) is 8.63. The van der Waals surface area contributed by atoms with Crippen molar-refractivity contribution in [2.75, 3.05) is 6.54 Å². The molecule has 0 saturated carbocycles. The van der Waals surface area contributed by atoms with Gasteiger partial charge in [0.1, 0.15) is 17.0 Å². The van der Waals surface area contributed by atoms with Gasteiger partial charge in [-0.05, 0) is 83.5 Å². The van der Waals surface area contributed by atoms with E-state index >= 15 is 0 Å². The molecule has 0 spiro atoms. The molecule has 4 N–H and O–H groups in total. The molecule has 2 amide bonds. The Labute approximate surface area is 181 Å². The number of nitrogens with two attached hydrogens (primary N) is 1. The van der Waals surface area contributed by atoms with Gasteiger partial charge in [-0.25, -0.2) is 14.2 Å². The van der Waals surface area contributed by atoms with Crippen LogP contribution in [0.2, 0.25) is 0 Å². The smallest absolute Gasteiger partial charge is 0.407 e. The van der Waals surface area contributed by atoms with E-state index in [1.54, 1.807) is 58.9 Å². The van der Waals surface area contributed by atoms with Crippen LogP contribution in [0.15, 0.2) is 36.4 Å². The molecule has 7 nitrogen and oxygen atoms in total. The highest BCUT2D eigenvalue weighted by molar-refractivity contribution is 5.86. The van der Waals surface area contributed by atoms with E-state index in [1.807, 2.05) is 0 Å². The molecule has 168 valence electrons. The SMILES string of the molecule is CC(C)(C)OC(=O)NCC(C)(O)c1cc(C(C)(C)C(N)=O)cc(-c2ccc(F)cc2)n1. The van der Waals surface area contributed by atoms with Crippen molar-refractivity contribution in [2.45, 2.75) is 58.2 Å². The number of benzene rings is 1. The van der Waals surface area contributed by atoms with E-state index in [2.05, 4.69) is 10.3 Å². The second-order valence-corrected chi connectivity index (χ2v) is 9.25. The molecule has 0 aliphatic heterocycles. The summed E-state index contributed by atoms with van der Waals surface area (Å²) in [5, 5.41) is 13.6. The fraction of sp³-hybridized carbons (Fsp3) is 0.435. The first-order valence-electron chi connectivity index (χ1n) is 9.90. The van der Waals surface area contributed by atoms with Gasteiger partial charge in [-0.3, -0.25) is 4.79 Å². The van der Waals surface area contributed by atoms with Gasteiger partial charge in [0, 0.05) is 5.56 Å². The highest BCUT2D eigenvalue weighted by atomic mass is 19.1. The standard InChI is InChI=1S/C23H30FN3O4/c1-21(2,3)31-20(29)26-13-23(6,30)18-12-15(22(4,5)19(25)28)11-17(27-18)14-7-9-16(24)10-8-14/h7-12,30H,13H2,1-6H3,(H2,25,28)(H,26,29). The summed E-state index contributed by atoms with van der Waals surface area (Å²) >= 11 is 0. The molecule has 0 radical (unpaired) electrons. The number of hydrogen-bond donors (Lipinski definition) is 3. The molecule has 1 heterocycles. The molecule has 8 heteroatoms. The molecule has 0 fully saturated rings. The molecule has 0 aliphatic carbocycles. The van der Waals surface area contributed by atoms with Crippen LogP contribution in [0.1, 0.15) is 52.8 Å². The largest absolute Gasteiger partial charge is 0.444 e. The predicted molar refractivity (Wildman–Crippen MR) is 116 cm³/mol. The first kappa shape index (κ1) is 24.3. The molecular weight excluding hydrogens is 401 g/mol. The van der Waals surface area contributed by atoms with Gasteiger partial charge in [-0.1, -0.05) is 0 Å². The number of carbonyl (C=O) groups is 2. The van der Waals surface area contributed by atoms with Crippen molar-refractivity contribution in [1.29, 1.82) is 0 Å². The van der Waals surface area contributed by atoms with Crippen molar-refractivity contribution < 1.29 is 23.8 Å². The summed E-state index contributed by atoms with van der Waals surface area (Å²) < 4.78 is 18.6. The lowest BCUT2D eigenvalue weighted by Crippen LogP contribution is -2.42. The number of amides is 2. The van der Waals surface area contributed by atoms with Crippen LogP contribution in [0.4, 0.5) is 9.18 Å². The number of nitrogens with one attached hydrogen (secondary N) is 1. The molecule has 1 aromatic carbocycles. The number of halogens is 1. The van der Waals surface area contributed by atoms with Gasteiger partial charge >= 0.3 is 6.09 Å². The van der Waals surface area contributed by atoms with E-state index in [9.17, 15) is 19.1 Å². The summed E-state index contributed by atoms with van der Waals surface area (Å²) in [7, 11) is 0. The first-order valence-corrected chi connectivity index (χ1v) is 9.90. The normalized spacial score (nSPS) is 13.9. The summed E-state index contributed by atoms with van der Waals surface area (Å²) in [6.07, 6.45) is -0.680. The average Bonchev–Trinajstić information content (AvgIpc) is 2.65. The Hall–Kier alpha value is -3.00. The topological polar surface area (TPSA) is 115 Å². The predicted octanol–water partition coefficient (Wildman–Crippen LogP) is 3.38. The van der Waals surface area contributed by atoms with Crippen molar-refractivity contribution in [3.8, 4) is 11.3 Å². The summed E-state index contributed by atoms with van der Waals surface area (Å²) in [6, 6.07) is 8.95. The molecule has 1 aromatic heterocycles. The molecule has 0 aliphatic rings. The summed E-state index contributed by atoms with van der Waals surface area (Å²) in [6.45, 7) is 9.83. The fourth-order valence-electron chi connectivity index (χ4n) is 2.73. The zero-order valence-corrected chi connectivity index (χ0v) is 18.7. The number of carbonyl (C=O) groups excluding carboxylic acids is 2. The highest BCUT2D eigenvalue weighted by Gasteiger charge is 2.33. The number of primary amides is 1. The Kier molecular flexibility index (Phi) is 6.75. The maximum Gasteiger partial charge on any atom is 0.407 e. The van der Waals surface area contributed by atoms with Crippen LogP contribution >= 0.6 is 0 Å². The minimum Gasteiger partial charge on any atom is -0.444 e. The van der Waals surface area contributed by atoms with Gasteiger partial charge in [0.2, 0.25) is 5.91 Å². The van der Waals surface area contributed by atoms with Gasteiger partial charge in [-0.15, -0.1) is 0 Å². The number of aliphatic hydroxyl groups is 1. The molecule has 0 saturated heterocycles. The van der Waals surface area contributed by atoms with E-state index in [0.29, 0.717) is 16.8 Å². The van der Waals surface area contributed by atoms with Crippen LogP contribution in [0.3, 0.4) is 0 Å². The van der Waals surface area contributed by atoms with Crippen LogP contribution in [-0.2, 0) is 20.5 Å². The lowest BCUT2D eigenvalue weighted by Gasteiger charge is -2.28. The third-order valence-electron chi connectivity index (χ3n) is 4.83. The van der Waals surface area contributed by atoms with Crippen LogP contribution < -0.4 is 11.1 Å². The summed E-state index contributed by atoms with van der Waals surface area (Å²) in [5.41, 5.74) is 4.03. The zero-order chi connectivity index (χ0) is 23.6. The fourth-order valence-corrected chi connectivity index (χ4v) is 2.73. The monoisotopic (exact) mass is 431 g/mol. The van der Waals surface area contributed by atoms with Crippen molar-refractivity contribution in [3.63, 3.8) is 0 Å². The van der Waals surface area contributed by atoms with Crippen molar-refractivity contribution in [3.05, 3.63) is 53.5 Å². The molecule has 31 heavy (non-hydrogen) atoms. The van der Waals surface area contributed by atoms with Crippen molar-refractivity contribution in [1.82, 2.24) is 10.3 Å².